The fourth-order valence-corrected chi connectivity index (χ4v) is 2.65. The van der Waals surface area contributed by atoms with Crippen LogP contribution in [0.2, 0.25) is 0 Å². The zero-order valence-corrected chi connectivity index (χ0v) is 10.0. The Kier molecular flexibility index (Phi) is 2.27. The van der Waals surface area contributed by atoms with Gasteiger partial charge in [0.15, 0.2) is 0 Å². The molecule has 2 rings (SSSR count). The van der Waals surface area contributed by atoms with Crippen LogP contribution in [-0.4, -0.2) is 26.3 Å². The molecule has 1 amide bonds. The summed E-state index contributed by atoms with van der Waals surface area (Å²) in [5, 5.41) is 12.5. The van der Waals surface area contributed by atoms with Crippen LogP contribution in [-0.2, 0) is 11.8 Å². The van der Waals surface area contributed by atoms with Crippen molar-refractivity contribution in [2.24, 2.45) is 7.05 Å². The molecule has 0 saturated heterocycles. The number of rotatable bonds is 1. The van der Waals surface area contributed by atoms with Crippen LogP contribution in [0.15, 0.2) is 11.1 Å². The lowest BCUT2D eigenvalue weighted by Crippen LogP contribution is -2.37. The van der Waals surface area contributed by atoms with E-state index in [1.54, 1.807) is 11.6 Å². The number of aromatic nitrogens is 1. The summed E-state index contributed by atoms with van der Waals surface area (Å²) in [5.74, 6) is -1.10. The molecule has 1 aliphatic heterocycles. The average Bonchev–Trinajstić information content (AvgIpc) is 2.45. The van der Waals surface area contributed by atoms with Crippen LogP contribution in [0.1, 0.15) is 24.3 Å². The van der Waals surface area contributed by atoms with Gasteiger partial charge in [-0.15, -0.1) is 0 Å². The maximum Gasteiger partial charge on any atom is 0.352 e. The maximum absolute atomic E-state index is 11.7. The zero-order chi connectivity index (χ0) is 12.1. The Bertz CT molecular complexity index is 490. The van der Waals surface area contributed by atoms with E-state index in [4.69, 9.17) is 5.11 Å². The van der Waals surface area contributed by atoms with Crippen molar-refractivity contribution in [2.45, 2.75) is 23.6 Å². The summed E-state index contributed by atoms with van der Waals surface area (Å²) in [4.78, 5) is 22.6. The first-order valence-electron chi connectivity index (χ1n) is 4.76. The highest BCUT2D eigenvalue weighted by molar-refractivity contribution is 8.01. The molecule has 0 fully saturated rings. The standard InChI is InChI=1S/C10H12N2O3S/c1-10(2)9(15)11-5-4-6(8(13)14)12(3)7(5)16-10/h4H,1-3H3,(H,11,15)(H,13,14). The van der Waals surface area contributed by atoms with E-state index in [1.807, 2.05) is 13.8 Å². The van der Waals surface area contributed by atoms with Gasteiger partial charge in [-0.3, -0.25) is 4.79 Å². The van der Waals surface area contributed by atoms with Gasteiger partial charge in [0.05, 0.1) is 10.4 Å². The third-order valence-electron chi connectivity index (χ3n) is 2.54. The second kappa shape index (κ2) is 3.28. The molecular weight excluding hydrogens is 228 g/mol. The number of nitrogens with zero attached hydrogens (tertiary/aromatic N) is 1. The minimum atomic E-state index is -0.996. The van der Waals surface area contributed by atoms with Gasteiger partial charge in [-0.1, -0.05) is 11.8 Å². The van der Waals surface area contributed by atoms with Crippen molar-refractivity contribution in [3.8, 4) is 0 Å². The van der Waals surface area contributed by atoms with Gasteiger partial charge >= 0.3 is 5.97 Å². The van der Waals surface area contributed by atoms with Crippen LogP contribution in [0.3, 0.4) is 0 Å². The van der Waals surface area contributed by atoms with Crippen LogP contribution in [0.5, 0.6) is 0 Å². The molecule has 0 bridgehead atoms. The fraction of sp³-hybridized carbons (Fsp3) is 0.400. The molecule has 1 aromatic heterocycles. The van der Waals surface area contributed by atoms with Gasteiger partial charge in [-0.2, -0.15) is 0 Å². The van der Waals surface area contributed by atoms with Crippen molar-refractivity contribution in [1.82, 2.24) is 4.57 Å². The molecular formula is C10H12N2O3S. The highest BCUT2D eigenvalue weighted by atomic mass is 32.2. The summed E-state index contributed by atoms with van der Waals surface area (Å²) >= 11 is 1.37. The number of carboxylic acids is 1. The molecule has 0 aromatic carbocycles. The third-order valence-corrected chi connectivity index (χ3v) is 3.93. The van der Waals surface area contributed by atoms with E-state index in [9.17, 15) is 9.59 Å². The molecule has 1 aliphatic rings. The van der Waals surface area contributed by atoms with Crippen molar-refractivity contribution < 1.29 is 14.7 Å². The predicted octanol–water partition coefficient (Wildman–Crippen LogP) is 1.55. The second-order valence-electron chi connectivity index (χ2n) is 4.18. The zero-order valence-electron chi connectivity index (χ0n) is 9.20. The van der Waals surface area contributed by atoms with Crippen molar-refractivity contribution in [3.63, 3.8) is 0 Å². The highest BCUT2D eigenvalue weighted by Gasteiger charge is 2.37. The van der Waals surface area contributed by atoms with Gasteiger partial charge in [-0.25, -0.2) is 4.79 Å². The Balaban J connectivity index is 2.53. The quantitative estimate of drug-likeness (QED) is 0.781. The number of amides is 1. The number of thioether (sulfide) groups is 1. The molecule has 5 nitrogen and oxygen atoms in total. The van der Waals surface area contributed by atoms with Crippen molar-refractivity contribution >= 4 is 29.3 Å². The first-order chi connectivity index (χ1) is 7.33. The second-order valence-corrected chi connectivity index (χ2v) is 5.79. The molecule has 2 N–H and O–H groups in total. The Labute approximate surface area is 96.8 Å². The summed E-state index contributed by atoms with van der Waals surface area (Å²) in [6.45, 7) is 3.62. The third kappa shape index (κ3) is 1.49. The molecule has 0 atom stereocenters. The van der Waals surface area contributed by atoms with E-state index in [2.05, 4.69) is 5.32 Å². The molecule has 2 heterocycles. The monoisotopic (exact) mass is 240 g/mol. The lowest BCUT2D eigenvalue weighted by atomic mass is 10.2. The number of hydrogen-bond donors (Lipinski definition) is 2. The van der Waals surface area contributed by atoms with E-state index < -0.39 is 10.7 Å². The summed E-state index contributed by atoms with van der Waals surface area (Å²) in [7, 11) is 1.68. The van der Waals surface area contributed by atoms with E-state index in [0.29, 0.717) is 5.69 Å². The van der Waals surface area contributed by atoms with Gasteiger partial charge < -0.3 is 15.0 Å². The maximum atomic E-state index is 11.7. The predicted molar refractivity (Wildman–Crippen MR) is 60.9 cm³/mol. The van der Waals surface area contributed by atoms with E-state index in [-0.39, 0.29) is 11.6 Å². The molecule has 0 spiro atoms. The Morgan fingerprint density at radius 2 is 2.19 bits per heavy atom. The normalized spacial score (nSPS) is 17.8. The summed E-state index contributed by atoms with van der Waals surface area (Å²) in [6, 6.07) is 1.48. The molecule has 0 unspecified atom stereocenters. The number of hydrogen-bond acceptors (Lipinski definition) is 3. The van der Waals surface area contributed by atoms with Crippen LogP contribution < -0.4 is 5.32 Å². The van der Waals surface area contributed by atoms with E-state index in [1.165, 1.54) is 17.8 Å². The van der Waals surface area contributed by atoms with Gasteiger partial charge in [-0.05, 0) is 19.9 Å². The van der Waals surface area contributed by atoms with Gasteiger partial charge in [0.1, 0.15) is 10.7 Å². The van der Waals surface area contributed by atoms with Gasteiger partial charge in [0.2, 0.25) is 5.91 Å². The minimum Gasteiger partial charge on any atom is -0.477 e. The summed E-state index contributed by atoms with van der Waals surface area (Å²) in [6.07, 6.45) is 0. The number of nitrogens with one attached hydrogen (secondary N) is 1. The van der Waals surface area contributed by atoms with E-state index >= 15 is 0 Å². The lowest BCUT2D eigenvalue weighted by Gasteiger charge is -2.28. The first kappa shape index (κ1) is 11.1. The number of fused-ring (bicyclic) bond motifs is 1. The topological polar surface area (TPSA) is 71.3 Å². The smallest absolute Gasteiger partial charge is 0.352 e. The minimum absolute atomic E-state index is 0.104. The van der Waals surface area contributed by atoms with Crippen LogP contribution >= 0.6 is 11.8 Å². The van der Waals surface area contributed by atoms with Gasteiger partial charge in [0, 0.05) is 7.05 Å². The van der Waals surface area contributed by atoms with Crippen LogP contribution in [0.25, 0.3) is 0 Å². The lowest BCUT2D eigenvalue weighted by molar-refractivity contribution is -0.117. The average molecular weight is 240 g/mol. The molecule has 86 valence electrons. The molecule has 0 saturated carbocycles. The van der Waals surface area contributed by atoms with Crippen LogP contribution in [0.4, 0.5) is 5.69 Å². The Morgan fingerprint density at radius 3 is 2.75 bits per heavy atom. The summed E-state index contributed by atoms with van der Waals surface area (Å²) in [5.41, 5.74) is 0.754. The molecule has 16 heavy (non-hydrogen) atoms. The number of carbonyl (C=O) groups excluding carboxylic acids is 1. The first-order valence-corrected chi connectivity index (χ1v) is 5.58. The highest BCUT2D eigenvalue weighted by Crippen LogP contribution is 2.43. The molecule has 0 aliphatic carbocycles. The fourth-order valence-electron chi connectivity index (χ4n) is 1.56. The van der Waals surface area contributed by atoms with Crippen molar-refractivity contribution in [2.75, 3.05) is 5.32 Å². The summed E-state index contributed by atoms with van der Waals surface area (Å²) < 4.78 is 1.01. The number of carboxylic acid groups (broad SMARTS) is 1. The number of anilines is 1. The molecule has 6 heteroatoms. The number of aromatic carboxylic acids is 1. The molecule has 1 aromatic rings. The van der Waals surface area contributed by atoms with E-state index in [0.717, 1.165) is 5.03 Å². The SMILES string of the molecule is Cn1c(C(=O)O)cc2c1SC(C)(C)C(=O)N2. The van der Waals surface area contributed by atoms with Crippen molar-refractivity contribution in [3.05, 3.63) is 11.8 Å². The number of carbonyl (C=O) groups is 2. The largest absolute Gasteiger partial charge is 0.477 e. The van der Waals surface area contributed by atoms with Crippen LogP contribution in [0, 0.1) is 0 Å². The molecule has 0 radical (unpaired) electrons. The Morgan fingerprint density at radius 1 is 1.56 bits per heavy atom. The van der Waals surface area contributed by atoms with Crippen molar-refractivity contribution in [1.29, 1.82) is 0 Å². The van der Waals surface area contributed by atoms with Gasteiger partial charge in [0.25, 0.3) is 0 Å². The Hall–Kier alpha value is -1.43.